The van der Waals surface area contributed by atoms with Crippen molar-refractivity contribution in [1.29, 1.82) is 0 Å². The van der Waals surface area contributed by atoms with Crippen LogP contribution < -0.4 is 4.74 Å². The fraction of sp³-hybridized carbons (Fsp3) is 0.348. The van der Waals surface area contributed by atoms with Gasteiger partial charge >= 0.3 is 0 Å². The number of methoxy groups -OCH3 is 1. The van der Waals surface area contributed by atoms with E-state index in [0.717, 1.165) is 43.4 Å². The first-order valence-electron chi connectivity index (χ1n) is 9.69. The second-order valence-corrected chi connectivity index (χ2v) is 8.29. The van der Waals surface area contributed by atoms with Gasteiger partial charge in [0.25, 0.3) is 0 Å². The molecule has 1 aliphatic heterocycles. The van der Waals surface area contributed by atoms with E-state index in [0.29, 0.717) is 0 Å². The van der Waals surface area contributed by atoms with Crippen molar-refractivity contribution in [2.75, 3.05) is 39.8 Å². The molecule has 0 aliphatic carbocycles. The van der Waals surface area contributed by atoms with Crippen LogP contribution >= 0.6 is 11.8 Å². The summed E-state index contributed by atoms with van der Waals surface area (Å²) in [7, 11) is 1.66. The van der Waals surface area contributed by atoms with Gasteiger partial charge < -0.3 is 9.64 Å². The van der Waals surface area contributed by atoms with Gasteiger partial charge in [-0.1, -0.05) is 42.5 Å². The van der Waals surface area contributed by atoms with Gasteiger partial charge in [-0.25, -0.2) is 0 Å². The van der Waals surface area contributed by atoms with Gasteiger partial charge in [0.05, 0.1) is 12.4 Å². The molecule has 0 unspecified atom stereocenters. The quantitative estimate of drug-likeness (QED) is 0.662. The molecule has 2 aromatic rings. The van der Waals surface area contributed by atoms with Crippen molar-refractivity contribution < 1.29 is 9.53 Å². The highest BCUT2D eigenvalue weighted by Gasteiger charge is 2.25. The van der Waals surface area contributed by atoms with E-state index in [9.17, 15) is 4.79 Å². The predicted molar refractivity (Wildman–Crippen MR) is 117 cm³/mol. The number of nitrogens with zero attached hydrogens (tertiary/aromatic N) is 2. The van der Waals surface area contributed by atoms with Gasteiger partial charge in [-0.15, -0.1) is 11.8 Å². The van der Waals surface area contributed by atoms with Crippen molar-refractivity contribution in [2.45, 2.75) is 17.1 Å². The fourth-order valence-electron chi connectivity index (χ4n) is 3.22. The maximum absolute atomic E-state index is 12.8. The van der Waals surface area contributed by atoms with Crippen molar-refractivity contribution >= 4 is 23.7 Å². The molecule has 28 heavy (non-hydrogen) atoms. The monoisotopic (exact) mass is 396 g/mol. The summed E-state index contributed by atoms with van der Waals surface area (Å²) in [6.07, 6.45) is 4.36. The summed E-state index contributed by atoms with van der Waals surface area (Å²) >= 11 is 1.61. The summed E-state index contributed by atoms with van der Waals surface area (Å²) in [6, 6.07) is 18.2. The van der Waals surface area contributed by atoms with Gasteiger partial charge in [0.15, 0.2) is 0 Å². The molecule has 0 N–H and O–H groups in total. The number of carbonyl (C=O) groups is 1. The molecule has 2 aromatic carbocycles. The van der Waals surface area contributed by atoms with Crippen LogP contribution in [0.15, 0.2) is 65.6 Å². The fourth-order valence-corrected chi connectivity index (χ4v) is 4.17. The summed E-state index contributed by atoms with van der Waals surface area (Å²) in [5.41, 5.74) is 1.22. The maximum Gasteiger partial charge on any atom is 0.235 e. The summed E-state index contributed by atoms with van der Waals surface area (Å²) in [5.74, 6) is 1.06. The third kappa shape index (κ3) is 5.88. The van der Waals surface area contributed by atoms with Crippen molar-refractivity contribution in [3.05, 3.63) is 66.2 Å². The summed E-state index contributed by atoms with van der Waals surface area (Å²) in [4.78, 5) is 18.3. The lowest BCUT2D eigenvalue weighted by molar-refractivity contribution is -0.131. The predicted octanol–water partition coefficient (Wildman–Crippen LogP) is 4.03. The Morgan fingerprint density at radius 2 is 1.75 bits per heavy atom. The molecule has 0 bridgehead atoms. The van der Waals surface area contributed by atoms with Crippen LogP contribution in [0.2, 0.25) is 0 Å². The smallest absolute Gasteiger partial charge is 0.235 e. The minimum absolute atomic E-state index is 0.0853. The van der Waals surface area contributed by atoms with Gasteiger partial charge in [-0.2, -0.15) is 0 Å². The number of rotatable bonds is 7. The van der Waals surface area contributed by atoms with Crippen LogP contribution in [-0.2, 0) is 4.79 Å². The maximum atomic E-state index is 12.8. The normalized spacial score (nSPS) is 16.3. The zero-order valence-electron chi connectivity index (χ0n) is 16.6. The lowest BCUT2D eigenvalue weighted by atomic mass is 10.2. The highest BCUT2D eigenvalue weighted by molar-refractivity contribution is 8.00. The zero-order chi connectivity index (χ0) is 19.8. The van der Waals surface area contributed by atoms with Crippen molar-refractivity contribution in [3.63, 3.8) is 0 Å². The Labute approximate surface area is 172 Å². The van der Waals surface area contributed by atoms with E-state index in [2.05, 4.69) is 41.3 Å². The first-order chi connectivity index (χ1) is 13.7. The van der Waals surface area contributed by atoms with Crippen LogP contribution in [0, 0.1) is 0 Å². The number of ether oxygens (including phenoxy) is 1. The van der Waals surface area contributed by atoms with E-state index in [1.807, 2.05) is 42.2 Å². The molecule has 1 saturated heterocycles. The number of thioether (sulfide) groups is 1. The second kappa shape index (κ2) is 10.3. The van der Waals surface area contributed by atoms with E-state index >= 15 is 0 Å². The third-order valence-electron chi connectivity index (χ3n) is 4.88. The molecule has 1 atom stereocenters. The Balaban J connectivity index is 1.43. The largest absolute Gasteiger partial charge is 0.497 e. The van der Waals surface area contributed by atoms with Gasteiger partial charge in [-0.05, 0) is 36.8 Å². The summed E-state index contributed by atoms with van der Waals surface area (Å²) in [6.45, 7) is 6.35. The van der Waals surface area contributed by atoms with Crippen molar-refractivity contribution in [1.82, 2.24) is 9.80 Å². The average Bonchev–Trinajstić information content (AvgIpc) is 2.75. The first kappa shape index (κ1) is 20.5. The molecule has 5 heteroatoms. The average molecular weight is 397 g/mol. The molecule has 1 amide bonds. The summed E-state index contributed by atoms with van der Waals surface area (Å²) in [5, 5.41) is -0.0853. The molecule has 1 heterocycles. The number of hydrogen-bond donors (Lipinski definition) is 0. The van der Waals surface area contributed by atoms with Crippen LogP contribution in [0.3, 0.4) is 0 Å². The molecule has 3 rings (SSSR count). The van der Waals surface area contributed by atoms with Crippen molar-refractivity contribution in [3.8, 4) is 5.75 Å². The van der Waals surface area contributed by atoms with Crippen LogP contribution in [0.1, 0.15) is 12.5 Å². The van der Waals surface area contributed by atoms with E-state index < -0.39 is 0 Å². The van der Waals surface area contributed by atoms with Crippen LogP contribution in [-0.4, -0.2) is 60.8 Å². The second-order valence-electron chi connectivity index (χ2n) is 6.87. The molecule has 0 spiro atoms. The Bertz CT molecular complexity index is 769. The lowest BCUT2D eigenvalue weighted by Crippen LogP contribution is -2.50. The minimum atomic E-state index is -0.0853. The SMILES string of the molecule is COc1ccc(S[C@H](C)C(=O)N2CCN(C/C=C/c3ccccc3)CC2)cc1. The van der Waals surface area contributed by atoms with E-state index in [-0.39, 0.29) is 11.2 Å². The molecule has 0 radical (unpaired) electrons. The number of benzene rings is 2. The minimum Gasteiger partial charge on any atom is -0.497 e. The summed E-state index contributed by atoms with van der Waals surface area (Å²) < 4.78 is 5.19. The highest BCUT2D eigenvalue weighted by Crippen LogP contribution is 2.26. The number of carbonyl (C=O) groups excluding carboxylic acids is 1. The van der Waals surface area contributed by atoms with Crippen LogP contribution in [0.5, 0.6) is 5.75 Å². The zero-order valence-corrected chi connectivity index (χ0v) is 17.4. The molecule has 0 saturated carbocycles. The van der Waals surface area contributed by atoms with Crippen LogP contribution in [0.4, 0.5) is 0 Å². The number of amides is 1. The topological polar surface area (TPSA) is 32.8 Å². The number of piperazine rings is 1. The number of hydrogen-bond acceptors (Lipinski definition) is 4. The standard InChI is InChI=1S/C23H28N2O2S/c1-19(28-22-12-10-21(27-2)11-13-22)23(26)25-17-15-24(16-18-25)14-6-9-20-7-4-3-5-8-20/h3-13,19H,14-18H2,1-2H3/b9-6+/t19-/m1/s1. The molecule has 1 fully saturated rings. The van der Waals surface area contributed by atoms with Gasteiger partial charge in [0.1, 0.15) is 5.75 Å². The van der Waals surface area contributed by atoms with Crippen molar-refractivity contribution in [2.24, 2.45) is 0 Å². The third-order valence-corrected chi connectivity index (χ3v) is 5.98. The van der Waals surface area contributed by atoms with E-state index in [4.69, 9.17) is 4.74 Å². The molecule has 1 aliphatic rings. The Kier molecular flexibility index (Phi) is 7.57. The van der Waals surface area contributed by atoms with E-state index in [1.54, 1.807) is 18.9 Å². The molecule has 148 valence electrons. The lowest BCUT2D eigenvalue weighted by Gasteiger charge is -2.35. The Morgan fingerprint density at radius 1 is 1.07 bits per heavy atom. The molecule has 4 nitrogen and oxygen atoms in total. The van der Waals surface area contributed by atoms with E-state index in [1.165, 1.54) is 5.56 Å². The van der Waals surface area contributed by atoms with Gasteiger partial charge in [0.2, 0.25) is 5.91 Å². The molecular weight excluding hydrogens is 368 g/mol. The molecule has 0 aromatic heterocycles. The first-order valence-corrected chi connectivity index (χ1v) is 10.6. The van der Waals surface area contributed by atoms with Gasteiger partial charge in [0, 0.05) is 37.6 Å². The molecular formula is C23H28N2O2S. The van der Waals surface area contributed by atoms with Crippen LogP contribution in [0.25, 0.3) is 6.08 Å². The van der Waals surface area contributed by atoms with Gasteiger partial charge in [-0.3, -0.25) is 9.69 Å². The highest BCUT2D eigenvalue weighted by atomic mass is 32.2. The Morgan fingerprint density at radius 3 is 2.39 bits per heavy atom. The Hall–Kier alpha value is -2.24.